The molecule has 20 heavy (non-hydrogen) atoms. The van der Waals surface area contributed by atoms with E-state index in [1.54, 1.807) is 31.2 Å². The number of aromatic hydroxyl groups is 1. The molecule has 5 heteroatoms. The second-order valence-electron chi connectivity index (χ2n) is 4.21. The van der Waals surface area contributed by atoms with E-state index in [0.717, 1.165) is 0 Å². The average molecular weight is 276 g/mol. The monoisotopic (exact) mass is 276 g/mol. The predicted octanol–water partition coefficient (Wildman–Crippen LogP) is 2.15. The maximum atomic E-state index is 11.5. The molecule has 0 heterocycles. The van der Waals surface area contributed by atoms with Crippen LogP contribution in [-0.2, 0) is 9.53 Å². The summed E-state index contributed by atoms with van der Waals surface area (Å²) in [7, 11) is 1.53. The highest BCUT2D eigenvalue weighted by molar-refractivity contribution is 5.95. The summed E-state index contributed by atoms with van der Waals surface area (Å²) in [6.45, 7) is 1.81. The van der Waals surface area contributed by atoms with Crippen LogP contribution in [0.4, 0.5) is 0 Å². The van der Waals surface area contributed by atoms with E-state index in [2.05, 4.69) is 0 Å². The Bertz CT molecular complexity index is 635. The predicted molar refractivity (Wildman–Crippen MR) is 73.8 cm³/mol. The third-order valence-electron chi connectivity index (χ3n) is 3.05. The van der Waals surface area contributed by atoms with Gasteiger partial charge in [-0.25, -0.2) is 4.79 Å². The standard InChI is InChI=1S/C15H16O5/c1-3-20-15(18)14(17)11-8-7-9-10(13(11)16)5-4-6-12(9)19-2/h4-8,14,16-17H,3H2,1-2H3. The fraction of sp³-hybridized carbons (Fsp3) is 0.267. The van der Waals surface area contributed by atoms with Gasteiger partial charge in [0.25, 0.3) is 0 Å². The molecule has 0 aliphatic heterocycles. The second kappa shape index (κ2) is 5.79. The molecule has 0 bridgehead atoms. The molecule has 2 aromatic rings. The summed E-state index contributed by atoms with van der Waals surface area (Å²) in [4.78, 5) is 11.5. The van der Waals surface area contributed by atoms with E-state index in [0.29, 0.717) is 16.5 Å². The Hall–Kier alpha value is -2.27. The van der Waals surface area contributed by atoms with Gasteiger partial charge in [0.05, 0.1) is 13.7 Å². The molecule has 0 aromatic heterocycles. The zero-order chi connectivity index (χ0) is 14.7. The molecule has 2 rings (SSSR count). The van der Waals surface area contributed by atoms with Gasteiger partial charge in [-0.15, -0.1) is 0 Å². The minimum atomic E-state index is -1.51. The quantitative estimate of drug-likeness (QED) is 0.837. The second-order valence-corrected chi connectivity index (χ2v) is 4.21. The number of hydrogen-bond acceptors (Lipinski definition) is 5. The summed E-state index contributed by atoms with van der Waals surface area (Å²) in [5, 5.41) is 21.4. The number of aliphatic hydroxyl groups is 1. The number of carbonyl (C=O) groups excluding carboxylic acids is 1. The highest BCUT2D eigenvalue weighted by Gasteiger charge is 2.23. The van der Waals surface area contributed by atoms with Crippen molar-refractivity contribution >= 4 is 16.7 Å². The lowest BCUT2D eigenvalue weighted by atomic mass is 10.0. The first-order valence-corrected chi connectivity index (χ1v) is 6.23. The van der Waals surface area contributed by atoms with Crippen LogP contribution in [-0.4, -0.2) is 29.9 Å². The molecule has 0 radical (unpaired) electrons. The van der Waals surface area contributed by atoms with Crippen molar-refractivity contribution in [1.29, 1.82) is 0 Å². The van der Waals surface area contributed by atoms with E-state index in [1.165, 1.54) is 13.2 Å². The largest absolute Gasteiger partial charge is 0.507 e. The van der Waals surface area contributed by atoms with Crippen LogP contribution >= 0.6 is 0 Å². The average Bonchev–Trinajstić information content (AvgIpc) is 2.46. The Morgan fingerprint density at radius 2 is 2.00 bits per heavy atom. The molecule has 0 spiro atoms. The van der Waals surface area contributed by atoms with Gasteiger partial charge in [0, 0.05) is 16.3 Å². The number of methoxy groups -OCH3 is 1. The van der Waals surface area contributed by atoms with Crippen LogP contribution in [0.25, 0.3) is 10.8 Å². The SMILES string of the molecule is CCOC(=O)C(O)c1ccc2c(OC)cccc2c1O. The lowest BCUT2D eigenvalue weighted by molar-refractivity contribution is -0.153. The first-order valence-electron chi connectivity index (χ1n) is 6.23. The molecule has 1 unspecified atom stereocenters. The number of phenolic OH excluding ortho intramolecular Hbond substituents is 1. The maximum Gasteiger partial charge on any atom is 0.339 e. The molecule has 0 saturated heterocycles. The summed E-state index contributed by atoms with van der Waals surface area (Å²) in [5.41, 5.74) is 0.115. The summed E-state index contributed by atoms with van der Waals surface area (Å²) < 4.78 is 9.95. The number of hydrogen-bond donors (Lipinski definition) is 2. The number of rotatable bonds is 4. The Labute approximate surface area is 116 Å². The summed E-state index contributed by atoms with van der Waals surface area (Å²) in [5.74, 6) is -0.332. The minimum absolute atomic E-state index is 0.115. The van der Waals surface area contributed by atoms with E-state index in [4.69, 9.17) is 9.47 Å². The Balaban J connectivity index is 2.52. The Kier molecular flexibility index (Phi) is 4.10. The zero-order valence-corrected chi connectivity index (χ0v) is 11.3. The van der Waals surface area contributed by atoms with Crippen LogP contribution in [0.5, 0.6) is 11.5 Å². The molecule has 1 atom stereocenters. The molecule has 2 aromatic carbocycles. The van der Waals surface area contributed by atoms with E-state index < -0.39 is 12.1 Å². The van der Waals surface area contributed by atoms with Gasteiger partial charge in [0.1, 0.15) is 11.5 Å². The van der Waals surface area contributed by atoms with Gasteiger partial charge in [-0.3, -0.25) is 0 Å². The summed E-state index contributed by atoms with van der Waals surface area (Å²) >= 11 is 0. The number of phenols is 1. The van der Waals surface area contributed by atoms with Crippen molar-refractivity contribution in [1.82, 2.24) is 0 Å². The topological polar surface area (TPSA) is 76.0 Å². The molecule has 0 amide bonds. The molecule has 0 aliphatic carbocycles. The molecule has 2 N–H and O–H groups in total. The molecule has 106 valence electrons. The smallest absolute Gasteiger partial charge is 0.339 e. The van der Waals surface area contributed by atoms with Crippen LogP contribution in [0, 0.1) is 0 Å². The summed E-state index contributed by atoms with van der Waals surface area (Å²) in [6, 6.07) is 8.35. The number of benzene rings is 2. The van der Waals surface area contributed by atoms with E-state index in [-0.39, 0.29) is 17.9 Å². The third-order valence-corrected chi connectivity index (χ3v) is 3.05. The zero-order valence-electron chi connectivity index (χ0n) is 11.3. The van der Waals surface area contributed by atoms with Crippen molar-refractivity contribution < 1.29 is 24.5 Å². The number of esters is 1. The van der Waals surface area contributed by atoms with E-state index in [1.807, 2.05) is 0 Å². The van der Waals surface area contributed by atoms with Gasteiger partial charge in [0.15, 0.2) is 6.10 Å². The van der Waals surface area contributed by atoms with Crippen LogP contribution < -0.4 is 4.74 Å². The lowest BCUT2D eigenvalue weighted by Gasteiger charge is -2.14. The third kappa shape index (κ3) is 2.40. The summed E-state index contributed by atoms with van der Waals surface area (Å²) in [6.07, 6.45) is -1.51. The number of fused-ring (bicyclic) bond motifs is 1. The van der Waals surface area contributed by atoms with Gasteiger partial charge in [0.2, 0.25) is 0 Å². The minimum Gasteiger partial charge on any atom is -0.507 e. The highest BCUT2D eigenvalue weighted by Crippen LogP contribution is 2.36. The molecule has 0 fully saturated rings. The molecule has 0 saturated carbocycles. The van der Waals surface area contributed by atoms with E-state index >= 15 is 0 Å². The van der Waals surface area contributed by atoms with Crippen molar-refractivity contribution in [2.45, 2.75) is 13.0 Å². The Morgan fingerprint density at radius 1 is 1.25 bits per heavy atom. The van der Waals surface area contributed by atoms with Crippen molar-refractivity contribution in [2.24, 2.45) is 0 Å². The van der Waals surface area contributed by atoms with E-state index in [9.17, 15) is 15.0 Å². The maximum absolute atomic E-state index is 11.5. The van der Waals surface area contributed by atoms with Gasteiger partial charge < -0.3 is 19.7 Å². The van der Waals surface area contributed by atoms with Crippen LogP contribution in [0.2, 0.25) is 0 Å². The van der Waals surface area contributed by atoms with Crippen molar-refractivity contribution in [2.75, 3.05) is 13.7 Å². The Morgan fingerprint density at radius 3 is 2.65 bits per heavy atom. The number of aliphatic hydroxyl groups excluding tert-OH is 1. The molecular formula is C15H16O5. The van der Waals surface area contributed by atoms with Gasteiger partial charge in [-0.1, -0.05) is 18.2 Å². The first-order chi connectivity index (χ1) is 9.60. The normalized spacial score (nSPS) is 12.2. The lowest BCUT2D eigenvalue weighted by Crippen LogP contribution is -2.15. The van der Waals surface area contributed by atoms with Crippen molar-refractivity contribution in [3.63, 3.8) is 0 Å². The van der Waals surface area contributed by atoms with Crippen molar-refractivity contribution in [3.05, 3.63) is 35.9 Å². The first kappa shape index (κ1) is 14.1. The fourth-order valence-corrected chi connectivity index (χ4v) is 2.08. The van der Waals surface area contributed by atoms with Crippen molar-refractivity contribution in [3.8, 4) is 11.5 Å². The molecular weight excluding hydrogens is 260 g/mol. The van der Waals surface area contributed by atoms with Crippen LogP contribution in [0.3, 0.4) is 0 Å². The van der Waals surface area contributed by atoms with Gasteiger partial charge in [-0.2, -0.15) is 0 Å². The molecule has 5 nitrogen and oxygen atoms in total. The number of ether oxygens (including phenoxy) is 2. The highest BCUT2D eigenvalue weighted by atomic mass is 16.5. The van der Waals surface area contributed by atoms with Crippen LogP contribution in [0.1, 0.15) is 18.6 Å². The molecule has 0 aliphatic rings. The number of carbonyl (C=O) groups is 1. The fourth-order valence-electron chi connectivity index (χ4n) is 2.08. The van der Waals surface area contributed by atoms with Gasteiger partial charge >= 0.3 is 5.97 Å². The van der Waals surface area contributed by atoms with Gasteiger partial charge in [-0.05, 0) is 19.1 Å². The van der Waals surface area contributed by atoms with Crippen LogP contribution in [0.15, 0.2) is 30.3 Å².